The summed E-state index contributed by atoms with van der Waals surface area (Å²) in [5.41, 5.74) is 2.49. The van der Waals surface area contributed by atoms with Crippen LogP contribution in [0, 0.1) is 5.82 Å². The summed E-state index contributed by atoms with van der Waals surface area (Å²) in [5, 5.41) is 4.12. The minimum Gasteiger partial charge on any atom is -0.488 e. The van der Waals surface area contributed by atoms with Crippen molar-refractivity contribution in [2.45, 2.75) is 18.6 Å². The Morgan fingerprint density at radius 1 is 1.02 bits per heavy atom. The first-order valence-corrected chi connectivity index (χ1v) is 15.7. The lowest BCUT2D eigenvalue weighted by molar-refractivity contribution is -0.0360. The van der Waals surface area contributed by atoms with E-state index in [4.69, 9.17) is 14.2 Å². The number of rotatable bonds is 11. The standard InChI is InChI=1S/C33H26BrFN4O5S/c34-27-17-25(9-11-30(27)43-18-22-5-3-6-24(35)15-22)39-32-26-16-23(8-10-28(26)37-21-38-32)33(12-4-14-44-33)20-42-19-31(45(40)41)29-7-1-2-13-36-29/h1-11,13-17,21H,12,18-20H2,(H,37,38,39). The molecule has 5 aromatic rings. The molecule has 3 heterocycles. The van der Waals surface area contributed by atoms with Crippen LogP contribution in [0.3, 0.4) is 0 Å². The molecule has 45 heavy (non-hydrogen) atoms. The Kier molecular flexibility index (Phi) is 9.15. The molecule has 228 valence electrons. The smallest absolute Gasteiger partial charge is 0.221 e. The summed E-state index contributed by atoms with van der Waals surface area (Å²) >= 11 is 3.57. The van der Waals surface area contributed by atoms with Gasteiger partial charge in [0.2, 0.25) is 10.3 Å². The quantitative estimate of drug-likeness (QED) is 0.123. The Morgan fingerprint density at radius 3 is 2.69 bits per heavy atom. The number of hydrogen-bond acceptors (Lipinski definition) is 9. The van der Waals surface area contributed by atoms with E-state index in [1.807, 2.05) is 42.5 Å². The van der Waals surface area contributed by atoms with E-state index in [-0.39, 0.29) is 30.5 Å². The van der Waals surface area contributed by atoms with Gasteiger partial charge in [-0.2, -0.15) is 8.42 Å². The van der Waals surface area contributed by atoms with Crippen LogP contribution in [0.25, 0.3) is 10.9 Å². The lowest BCUT2D eigenvalue weighted by Gasteiger charge is -2.29. The second-order valence-corrected chi connectivity index (χ2v) is 12.0. The topological polar surface area (TPSA) is 113 Å². The van der Waals surface area contributed by atoms with Gasteiger partial charge in [0.05, 0.1) is 35.2 Å². The van der Waals surface area contributed by atoms with Gasteiger partial charge in [-0.05, 0) is 87.7 Å². The fourth-order valence-electron chi connectivity index (χ4n) is 4.93. The number of halogens is 2. The zero-order valence-electron chi connectivity index (χ0n) is 23.7. The molecular formula is C33H26BrFN4O5S. The van der Waals surface area contributed by atoms with Gasteiger partial charge in [0, 0.05) is 23.7 Å². The average Bonchev–Trinajstić information content (AvgIpc) is 3.53. The third kappa shape index (κ3) is 7.03. The van der Waals surface area contributed by atoms with E-state index in [1.54, 1.807) is 36.6 Å². The molecule has 1 N–H and O–H groups in total. The minimum atomic E-state index is -2.50. The van der Waals surface area contributed by atoms with E-state index in [0.29, 0.717) is 28.2 Å². The Hall–Kier alpha value is -4.65. The van der Waals surface area contributed by atoms with Gasteiger partial charge in [0.1, 0.15) is 35.2 Å². The molecule has 2 aromatic heterocycles. The molecule has 1 atom stereocenters. The molecule has 0 fully saturated rings. The third-order valence-corrected chi connectivity index (χ3v) is 8.55. The van der Waals surface area contributed by atoms with Gasteiger partial charge in [0.15, 0.2) is 5.60 Å². The number of benzene rings is 3. The van der Waals surface area contributed by atoms with Gasteiger partial charge >= 0.3 is 0 Å². The van der Waals surface area contributed by atoms with Crippen molar-refractivity contribution in [1.82, 2.24) is 15.0 Å². The average molecular weight is 690 g/mol. The van der Waals surface area contributed by atoms with Crippen LogP contribution in [-0.2, 0) is 32.0 Å². The molecule has 1 aliphatic heterocycles. The van der Waals surface area contributed by atoms with E-state index in [9.17, 15) is 12.8 Å². The molecular weight excluding hydrogens is 663 g/mol. The van der Waals surface area contributed by atoms with E-state index in [1.165, 1.54) is 24.7 Å². The first kappa shape index (κ1) is 30.4. The Labute approximate surface area is 268 Å². The van der Waals surface area contributed by atoms with Crippen LogP contribution >= 0.6 is 15.9 Å². The normalized spacial score (nSPS) is 15.5. The molecule has 0 saturated carbocycles. The molecule has 1 aliphatic rings. The molecule has 1 unspecified atom stereocenters. The predicted molar refractivity (Wildman–Crippen MR) is 172 cm³/mol. The van der Waals surface area contributed by atoms with Crippen molar-refractivity contribution in [2.24, 2.45) is 0 Å². The van der Waals surface area contributed by atoms with Crippen molar-refractivity contribution >= 4 is 53.5 Å². The fraction of sp³-hybridized carbons (Fsp3) is 0.152. The van der Waals surface area contributed by atoms with Crippen molar-refractivity contribution < 1.29 is 27.0 Å². The summed E-state index contributed by atoms with van der Waals surface area (Å²) in [6.45, 7) is 0.167. The summed E-state index contributed by atoms with van der Waals surface area (Å²) < 4.78 is 56.0. The summed E-state index contributed by atoms with van der Waals surface area (Å²) in [6.07, 6.45) is 7.07. The highest BCUT2D eigenvalue weighted by atomic mass is 79.9. The van der Waals surface area contributed by atoms with E-state index in [0.717, 1.165) is 27.7 Å². The van der Waals surface area contributed by atoms with Gasteiger partial charge in [-0.1, -0.05) is 24.3 Å². The highest BCUT2D eigenvalue weighted by Gasteiger charge is 2.36. The van der Waals surface area contributed by atoms with E-state index in [2.05, 4.69) is 36.2 Å². The highest BCUT2D eigenvalue weighted by Crippen LogP contribution is 2.38. The zero-order valence-corrected chi connectivity index (χ0v) is 26.1. The fourth-order valence-corrected chi connectivity index (χ4v) is 5.90. The summed E-state index contributed by atoms with van der Waals surface area (Å²) in [5.74, 6) is 0.878. The van der Waals surface area contributed by atoms with Crippen LogP contribution in [0.1, 0.15) is 23.2 Å². The number of anilines is 2. The molecule has 3 aromatic carbocycles. The molecule has 6 rings (SSSR count). The maximum Gasteiger partial charge on any atom is 0.221 e. The van der Waals surface area contributed by atoms with Crippen LogP contribution in [0.4, 0.5) is 15.9 Å². The number of fused-ring (bicyclic) bond motifs is 1. The molecule has 0 aliphatic carbocycles. The predicted octanol–water partition coefficient (Wildman–Crippen LogP) is 6.49. The van der Waals surface area contributed by atoms with Crippen molar-refractivity contribution in [3.63, 3.8) is 0 Å². The molecule has 0 saturated heterocycles. The monoisotopic (exact) mass is 688 g/mol. The van der Waals surface area contributed by atoms with Gasteiger partial charge in [-0.15, -0.1) is 0 Å². The molecule has 12 heteroatoms. The second-order valence-electron chi connectivity index (χ2n) is 10.2. The first-order chi connectivity index (χ1) is 21.9. The Morgan fingerprint density at radius 2 is 1.93 bits per heavy atom. The van der Waals surface area contributed by atoms with Gasteiger partial charge < -0.3 is 19.5 Å². The first-order valence-electron chi connectivity index (χ1n) is 13.9. The maximum absolute atomic E-state index is 13.5. The Balaban J connectivity index is 1.21. The second kappa shape index (κ2) is 13.6. The molecule has 0 spiro atoms. The molecule has 0 radical (unpaired) electrons. The summed E-state index contributed by atoms with van der Waals surface area (Å²) in [7, 11) is -2.50. The van der Waals surface area contributed by atoms with Gasteiger partial charge in [0.25, 0.3) is 0 Å². The molecule has 0 bridgehead atoms. The van der Waals surface area contributed by atoms with Crippen molar-refractivity contribution in [2.75, 3.05) is 18.5 Å². The van der Waals surface area contributed by atoms with E-state index >= 15 is 0 Å². The van der Waals surface area contributed by atoms with Gasteiger partial charge in [-0.3, -0.25) is 4.98 Å². The van der Waals surface area contributed by atoms with Crippen molar-refractivity contribution in [3.05, 3.63) is 131 Å². The van der Waals surface area contributed by atoms with Crippen molar-refractivity contribution in [3.8, 4) is 5.75 Å². The Bertz CT molecular complexity index is 2010. The highest BCUT2D eigenvalue weighted by molar-refractivity contribution is 9.10. The van der Waals surface area contributed by atoms with Crippen molar-refractivity contribution in [1.29, 1.82) is 0 Å². The maximum atomic E-state index is 13.5. The van der Waals surface area contributed by atoms with Crippen LogP contribution < -0.4 is 10.1 Å². The molecule has 9 nitrogen and oxygen atoms in total. The molecule has 0 amide bonds. The van der Waals surface area contributed by atoms with Gasteiger partial charge in [-0.25, -0.2) is 14.4 Å². The van der Waals surface area contributed by atoms with Crippen LogP contribution in [-0.4, -0.2) is 41.4 Å². The van der Waals surface area contributed by atoms with E-state index < -0.39 is 15.9 Å². The number of nitrogens with one attached hydrogen (secondary N) is 1. The largest absolute Gasteiger partial charge is 0.488 e. The van der Waals surface area contributed by atoms with Crippen LogP contribution in [0.2, 0.25) is 0 Å². The lowest BCUT2D eigenvalue weighted by atomic mass is 9.91. The SMILES string of the molecule is O=S(=O)=C(COCC1(c2ccc3ncnc(Nc4ccc(OCc5cccc(F)c5)c(Br)c4)c3c2)CC=CO1)c1ccccn1. The summed E-state index contributed by atoms with van der Waals surface area (Å²) in [6, 6.07) is 22.7. The van der Waals surface area contributed by atoms with Crippen LogP contribution in [0.5, 0.6) is 5.75 Å². The number of nitrogens with zero attached hydrogens (tertiary/aromatic N) is 3. The number of hydrogen-bond donors (Lipinski definition) is 1. The lowest BCUT2D eigenvalue weighted by Crippen LogP contribution is -2.32. The zero-order chi connectivity index (χ0) is 31.2. The summed E-state index contributed by atoms with van der Waals surface area (Å²) in [4.78, 5) is 13.1. The minimum absolute atomic E-state index is 0.0617. The number of pyridine rings is 1. The number of aromatic nitrogens is 3. The third-order valence-electron chi connectivity index (χ3n) is 7.20. The number of ether oxygens (including phenoxy) is 3. The van der Waals surface area contributed by atoms with Crippen LogP contribution in [0.15, 0.2) is 108 Å².